The van der Waals surface area contributed by atoms with E-state index in [1.807, 2.05) is 30.3 Å². The Morgan fingerprint density at radius 2 is 1.55 bits per heavy atom. The summed E-state index contributed by atoms with van der Waals surface area (Å²) < 4.78 is 9.15. The number of halogens is 2. The van der Waals surface area contributed by atoms with Crippen molar-refractivity contribution >= 4 is 43.8 Å². The molecule has 0 spiro atoms. The minimum Gasteiger partial charge on any atom is -0.465 e. The minimum atomic E-state index is -0.728. The monoisotopic (exact) mass is 404 g/mol. The molecule has 0 bridgehead atoms. The van der Waals surface area contributed by atoms with E-state index in [1.54, 1.807) is 0 Å². The van der Waals surface area contributed by atoms with Gasteiger partial charge in [0.2, 0.25) is 0 Å². The topological polar surface area (TPSA) is 52.6 Å². The van der Waals surface area contributed by atoms with Crippen LogP contribution in [-0.2, 0) is 19.1 Å². The summed E-state index contributed by atoms with van der Waals surface area (Å²) in [6.45, 7) is 0. The molecular formula is C14H14Br2O4. The lowest BCUT2D eigenvalue weighted by Gasteiger charge is -2.15. The summed E-state index contributed by atoms with van der Waals surface area (Å²) in [7, 11) is 2.43. The summed E-state index contributed by atoms with van der Waals surface area (Å²) in [5.41, 5.74) is 0.872. The molecule has 1 aromatic carbocycles. The van der Waals surface area contributed by atoms with E-state index in [-0.39, 0.29) is 15.2 Å². The summed E-state index contributed by atoms with van der Waals surface area (Å²) in [6.07, 6.45) is 1.48. The summed E-state index contributed by atoms with van der Waals surface area (Å²) in [5, 5.41) is 0. The smallest absolute Gasteiger partial charge is 0.345 e. The highest BCUT2D eigenvalue weighted by Gasteiger charge is 2.24. The number of carbonyl (C=O) groups excluding carboxylic acids is 2. The number of alkyl halides is 2. The molecule has 0 fully saturated rings. The maximum absolute atomic E-state index is 11.6. The van der Waals surface area contributed by atoms with E-state index in [2.05, 4.69) is 41.3 Å². The van der Waals surface area contributed by atoms with E-state index in [0.717, 1.165) is 5.56 Å². The first-order valence-electron chi connectivity index (χ1n) is 5.72. The maximum Gasteiger partial charge on any atom is 0.345 e. The van der Waals surface area contributed by atoms with Crippen molar-refractivity contribution in [3.05, 3.63) is 47.5 Å². The highest BCUT2D eigenvalue weighted by Crippen LogP contribution is 2.32. The molecule has 0 aliphatic carbocycles. The molecule has 2 atom stereocenters. The molecule has 0 aromatic heterocycles. The normalized spacial score (nSPS) is 13.0. The fourth-order valence-corrected chi connectivity index (χ4v) is 2.53. The molecule has 1 rings (SSSR count). The Morgan fingerprint density at radius 3 is 2.00 bits per heavy atom. The number of esters is 2. The molecule has 0 unspecified atom stereocenters. The second kappa shape index (κ2) is 8.21. The van der Waals surface area contributed by atoms with Crippen LogP contribution < -0.4 is 0 Å². The van der Waals surface area contributed by atoms with Crippen LogP contribution in [0.3, 0.4) is 0 Å². The van der Waals surface area contributed by atoms with Gasteiger partial charge in [-0.3, -0.25) is 0 Å². The molecule has 20 heavy (non-hydrogen) atoms. The Labute approximate surface area is 134 Å². The Bertz CT molecular complexity index is 481. The van der Waals surface area contributed by atoms with Gasteiger partial charge in [-0.25, -0.2) is 9.59 Å². The number of allylic oxidation sites excluding steroid dienone is 1. The van der Waals surface area contributed by atoms with Crippen molar-refractivity contribution in [1.82, 2.24) is 0 Å². The van der Waals surface area contributed by atoms with E-state index >= 15 is 0 Å². The van der Waals surface area contributed by atoms with Crippen molar-refractivity contribution in [3.63, 3.8) is 0 Å². The van der Waals surface area contributed by atoms with Crippen LogP contribution in [0.2, 0.25) is 0 Å². The minimum absolute atomic E-state index is 0.104. The fraction of sp³-hybridized carbons (Fsp3) is 0.286. The molecule has 4 nitrogen and oxygen atoms in total. The number of carbonyl (C=O) groups is 2. The maximum atomic E-state index is 11.6. The summed E-state index contributed by atoms with van der Waals surface area (Å²) in [6, 6.07) is 9.62. The quantitative estimate of drug-likeness (QED) is 0.248. The lowest BCUT2D eigenvalue weighted by atomic mass is 10.1. The molecular weight excluding hydrogens is 392 g/mol. The van der Waals surface area contributed by atoms with Gasteiger partial charge in [-0.1, -0.05) is 62.2 Å². The molecule has 0 heterocycles. The van der Waals surface area contributed by atoms with Crippen LogP contribution in [0.5, 0.6) is 0 Å². The van der Waals surface area contributed by atoms with E-state index < -0.39 is 11.9 Å². The number of ether oxygens (including phenoxy) is 2. The van der Waals surface area contributed by atoms with Gasteiger partial charge >= 0.3 is 11.9 Å². The Morgan fingerprint density at radius 1 is 1.05 bits per heavy atom. The van der Waals surface area contributed by atoms with E-state index in [1.165, 1.54) is 20.3 Å². The van der Waals surface area contributed by atoms with Gasteiger partial charge in [-0.05, 0) is 11.6 Å². The van der Waals surface area contributed by atoms with Crippen molar-refractivity contribution in [2.75, 3.05) is 14.2 Å². The van der Waals surface area contributed by atoms with E-state index in [4.69, 9.17) is 0 Å². The number of benzene rings is 1. The summed E-state index contributed by atoms with van der Waals surface area (Å²) in [5.74, 6) is -1.46. The predicted molar refractivity (Wildman–Crippen MR) is 82.9 cm³/mol. The number of hydrogen-bond donors (Lipinski definition) is 0. The zero-order valence-electron chi connectivity index (χ0n) is 11.0. The highest BCUT2D eigenvalue weighted by molar-refractivity contribution is 9.12. The van der Waals surface area contributed by atoms with Gasteiger partial charge in [-0.15, -0.1) is 0 Å². The lowest BCUT2D eigenvalue weighted by molar-refractivity contribution is -0.144. The lowest BCUT2D eigenvalue weighted by Crippen LogP contribution is -2.18. The summed E-state index contributed by atoms with van der Waals surface area (Å²) in [4.78, 5) is 22.8. The molecule has 1 aromatic rings. The first kappa shape index (κ1) is 16.9. The predicted octanol–water partition coefficient (Wildman–Crippen LogP) is 3.16. The Hall–Kier alpha value is -1.14. The van der Waals surface area contributed by atoms with Crippen LogP contribution in [0, 0.1) is 0 Å². The molecule has 0 saturated carbocycles. The van der Waals surface area contributed by atoms with Gasteiger partial charge in [0.1, 0.15) is 5.57 Å². The first-order valence-corrected chi connectivity index (χ1v) is 7.56. The van der Waals surface area contributed by atoms with Crippen molar-refractivity contribution in [2.24, 2.45) is 0 Å². The second-order valence-electron chi connectivity index (χ2n) is 3.82. The van der Waals surface area contributed by atoms with E-state index in [9.17, 15) is 9.59 Å². The average molecular weight is 406 g/mol. The molecule has 0 N–H and O–H groups in total. The van der Waals surface area contributed by atoms with Crippen LogP contribution in [0.4, 0.5) is 0 Å². The standard InChI is InChI=1S/C14H14Br2O4/c1-19-13(17)10(14(18)20-2)8-11(15)12(16)9-6-4-3-5-7-9/h3-8,11-12H,1-2H3/t11-,12-/m0/s1. The number of methoxy groups -OCH3 is 2. The molecule has 0 aliphatic heterocycles. The van der Waals surface area contributed by atoms with Crippen LogP contribution >= 0.6 is 31.9 Å². The zero-order valence-corrected chi connectivity index (χ0v) is 14.2. The van der Waals surface area contributed by atoms with Gasteiger partial charge in [0.15, 0.2) is 0 Å². The molecule has 0 radical (unpaired) electrons. The van der Waals surface area contributed by atoms with Crippen LogP contribution in [0.1, 0.15) is 10.4 Å². The van der Waals surface area contributed by atoms with Crippen molar-refractivity contribution in [1.29, 1.82) is 0 Å². The first-order chi connectivity index (χ1) is 9.51. The van der Waals surface area contributed by atoms with Crippen molar-refractivity contribution in [3.8, 4) is 0 Å². The Balaban J connectivity index is 2.99. The molecule has 6 heteroatoms. The average Bonchev–Trinajstić information content (AvgIpc) is 2.50. The zero-order chi connectivity index (χ0) is 15.1. The number of rotatable bonds is 5. The van der Waals surface area contributed by atoms with Crippen LogP contribution in [0.25, 0.3) is 0 Å². The second-order valence-corrected chi connectivity index (χ2v) is 5.86. The van der Waals surface area contributed by atoms with Gasteiger partial charge in [0.25, 0.3) is 0 Å². The van der Waals surface area contributed by atoms with E-state index in [0.29, 0.717) is 0 Å². The third-order valence-corrected chi connectivity index (χ3v) is 5.13. The number of hydrogen-bond acceptors (Lipinski definition) is 4. The van der Waals surface area contributed by atoms with Crippen LogP contribution in [0.15, 0.2) is 42.0 Å². The van der Waals surface area contributed by atoms with Gasteiger partial charge in [0.05, 0.1) is 23.9 Å². The molecule has 0 amide bonds. The van der Waals surface area contributed by atoms with Crippen LogP contribution in [-0.4, -0.2) is 31.0 Å². The fourth-order valence-electron chi connectivity index (χ4n) is 1.50. The summed E-state index contributed by atoms with van der Waals surface area (Å²) >= 11 is 6.96. The van der Waals surface area contributed by atoms with Gasteiger partial charge < -0.3 is 9.47 Å². The SMILES string of the molecule is COC(=O)C(=C[C@H](Br)[C@@H](Br)c1ccccc1)C(=O)OC. The largest absolute Gasteiger partial charge is 0.465 e. The third kappa shape index (κ3) is 4.45. The van der Waals surface area contributed by atoms with Gasteiger partial charge in [-0.2, -0.15) is 0 Å². The van der Waals surface area contributed by atoms with Crippen molar-refractivity contribution < 1.29 is 19.1 Å². The van der Waals surface area contributed by atoms with Gasteiger partial charge in [0, 0.05) is 0 Å². The highest BCUT2D eigenvalue weighted by atomic mass is 79.9. The molecule has 108 valence electrons. The Kier molecular flexibility index (Phi) is 6.95. The third-order valence-electron chi connectivity index (χ3n) is 2.53. The molecule has 0 aliphatic rings. The van der Waals surface area contributed by atoms with Crippen molar-refractivity contribution in [2.45, 2.75) is 9.65 Å². The molecule has 0 saturated heterocycles.